The Morgan fingerprint density at radius 1 is 1.50 bits per heavy atom. The Morgan fingerprint density at radius 3 is 3.06 bits per heavy atom. The van der Waals surface area contributed by atoms with Crippen LogP contribution in [0.4, 0.5) is 5.69 Å². The molecular formula is C14H21NO. The fraction of sp³-hybridized carbons (Fsp3) is 0.571. The molecule has 0 aliphatic carbocycles. The normalized spacial score (nSPS) is 21.1. The predicted octanol–water partition coefficient (Wildman–Crippen LogP) is 2.75. The van der Waals surface area contributed by atoms with Crippen molar-refractivity contribution in [3.8, 4) is 0 Å². The van der Waals surface area contributed by atoms with Gasteiger partial charge in [-0.1, -0.05) is 12.1 Å². The van der Waals surface area contributed by atoms with E-state index in [9.17, 15) is 5.11 Å². The summed E-state index contributed by atoms with van der Waals surface area (Å²) in [7, 11) is 0. The number of fused-ring (bicyclic) bond motifs is 1. The van der Waals surface area contributed by atoms with Gasteiger partial charge in [0.25, 0.3) is 0 Å². The van der Waals surface area contributed by atoms with E-state index in [0.717, 1.165) is 12.8 Å². The quantitative estimate of drug-likeness (QED) is 0.819. The monoisotopic (exact) mass is 219 g/mol. The third kappa shape index (κ3) is 2.76. The molecule has 1 aromatic rings. The zero-order valence-electron chi connectivity index (χ0n) is 10.2. The molecule has 16 heavy (non-hydrogen) atoms. The average molecular weight is 219 g/mol. The predicted molar refractivity (Wildman–Crippen MR) is 67.8 cm³/mol. The Kier molecular flexibility index (Phi) is 3.49. The number of aryl methyl sites for hydroxylation is 2. The largest absolute Gasteiger partial charge is 0.393 e. The Balaban J connectivity index is 2.09. The molecule has 1 aliphatic rings. The molecule has 2 heteroatoms. The van der Waals surface area contributed by atoms with Gasteiger partial charge >= 0.3 is 0 Å². The lowest BCUT2D eigenvalue weighted by Gasteiger charge is -2.24. The molecule has 2 unspecified atom stereocenters. The van der Waals surface area contributed by atoms with Crippen LogP contribution in [0.5, 0.6) is 0 Å². The molecule has 0 saturated carbocycles. The summed E-state index contributed by atoms with van der Waals surface area (Å²) in [6.07, 6.45) is 4.00. The number of anilines is 1. The second-order valence-electron chi connectivity index (χ2n) is 4.96. The summed E-state index contributed by atoms with van der Waals surface area (Å²) < 4.78 is 0. The van der Waals surface area contributed by atoms with Crippen molar-refractivity contribution in [3.05, 3.63) is 29.3 Å². The number of hydrogen-bond donors (Lipinski definition) is 2. The van der Waals surface area contributed by atoms with E-state index in [1.165, 1.54) is 29.7 Å². The third-order valence-corrected chi connectivity index (χ3v) is 3.27. The van der Waals surface area contributed by atoms with Gasteiger partial charge in [0, 0.05) is 11.7 Å². The van der Waals surface area contributed by atoms with Gasteiger partial charge in [0.2, 0.25) is 0 Å². The Morgan fingerprint density at radius 2 is 2.31 bits per heavy atom. The molecule has 1 heterocycles. The zero-order chi connectivity index (χ0) is 11.5. The van der Waals surface area contributed by atoms with Crippen LogP contribution >= 0.6 is 0 Å². The highest BCUT2D eigenvalue weighted by Gasteiger charge is 2.13. The first-order chi connectivity index (χ1) is 7.65. The highest BCUT2D eigenvalue weighted by molar-refractivity contribution is 5.55. The van der Waals surface area contributed by atoms with Gasteiger partial charge in [0.15, 0.2) is 0 Å². The van der Waals surface area contributed by atoms with E-state index >= 15 is 0 Å². The van der Waals surface area contributed by atoms with Crippen molar-refractivity contribution < 1.29 is 5.11 Å². The minimum Gasteiger partial charge on any atom is -0.393 e. The van der Waals surface area contributed by atoms with Crippen LogP contribution in [0.15, 0.2) is 18.2 Å². The van der Waals surface area contributed by atoms with Crippen molar-refractivity contribution in [3.63, 3.8) is 0 Å². The Bertz CT molecular complexity index is 360. The van der Waals surface area contributed by atoms with E-state index in [0.29, 0.717) is 6.04 Å². The van der Waals surface area contributed by atoms with Crippen molar-refractivity contribution in [2.75, 3.05) is 5.32 Å². The number of hydrogen-bond acceptors (Lipinski definition) is 2. The summed E-state index contributed by atoms with van der Waals surface area (Å²) in [4.78, 5) is 0. The highest BCUT2D eigenvalue weighted by Crippen LogP contribution is 2.26. The maximum Gasteiger partial charge on any atom is 0.0515 e. The van der Waals surface area contributed by atoms with Crippen molar-refractivity contribution in [2.24, 2.45) is 0 Å². The van der Waals surface area contributed by atoms with Crippen LogP contribution in [0.25, 0.3) is 0 Å². The molecule has 2 N–H and O–H groups in total. The molecule has 2 rings (SSSR count). The molecule has 88 valence electrons. The van der Waals surface area contributed by atoms with Gasteiger partial charge in [-0.15, -0.1) is 0 Å². The maximum atomic E-state index is 9.28. The van der Waals surface area contributed by atoms with Crippen LogP contribution in [-0.4, -0.2) is 17.3 Å². The lowest BCUT2D eigenvalue weighted by molar-refractivity contribution is 0.185. The first kappa shape index (κ1) is 11.5. The van der Waals surface area contributed by atoms with E-state index in [1.807, 2.05) is 6.92 Å². The molecule has 0 radical (unpaired) electrons. The van der Waals surface area contributed by atoms with Crippen molar-refractivity contribution >= 4 is 5.69 Å². The minimum atomic E-state index is -0.206. The Hall–Kier alpha value is -1.02. The molecule has 0 spiro atoms. The smallest absolute Gasteiger partial charge is 0.0515 e. The molecule has 0 aromatic heterocycles. The van der Waals surface area contributed by atoms with E-state index in [-0.39, 0.29) is 6.10 Å². The Labute approximate surface area is 97.7 Å². The number of nitrogens with one attached hydrogen (secondary N) is 1. The van der Waals surface area contributed by atoms with Gasteiger partial charge in [0.1, 0.15) is 0 Å². The van der Waals surface area contributed by atoms with E-state index in [4.69, 9.17) is 0 Å². The van der Waals surface area contributed by atoms with Crippen LogP contribution < -0.4 is 5.32 Å². The van der Waals surface area contributed by atoms with E-state index in [2.05, 4.69) is 30.4 Å². The molecule has 2 nitrogen and oxygen atoms in total. The van der Waals surface area contributed by atoms with Crippen LogP contribution in [-0.2, 0) is 12.8 Å². The summed E-state index contributed by atoms with van der Waals surface area (Å²) in [6.45, 7) is 4.07. The fourth-order valence-corrected chi connectivity index (χ4v) is 2.22. The molecule has 0 bridgehead atoms. The number of benzene rings is 1. The van der Waals surface area contributed by atoms with Crippen molar-refractivity contribution in [2.45, 2.75) is 51.7 Å². The molecule has 1 aliphatic heterocycles. The molecular weight excluding hydrogens is 198 g/mol. The van der Waals surface area contributed by atoms with Crippen LogP contribution in [0.2, 0.25) is 0 Å². The topological polar surface area (TPSA) is 32.3 Å². The second-order valence-corrected chi connectivity index (χ2v) is 4.96. The van der Waals surface area contributed by atoms with Crippen LogP contribution in [0.3, 0.4) is 0 Å². The van der Waals surface area contributed by atoms with Gasteiger partial charge in [0.05, 0.1) is 6.10 Å². The first-order valence-electron chi connectivity index (χ1n) is 6.21. The van der Waals surface area contributed by atoms with Crippen LogP contribution in [0.1, 0.15) is 37.8 Å². The summed E-state index contributed by atoms with van der Waals surface area (Å²) >= 11 is 0. The van der Waals surface area contributed by atoms with Crippen molar-refractivity contribution in [1.29, 1.82) is 0 Å². The summed E-state index contributed by atoms with van der Waals surface area (Å²) in [5.41, 5.74) is 4.04. The fourth-order valence-electron chi connectivity index (χ4n) is 2.22. The van der Waals surface area contributed by atoms with Crippen molar-refractivity contribution in [1.82, 2.24) is 0 Å². The SMILES string of the molecule is CC(O)CCc1ccc2c(c1)NC(C)CC2. The average Bonchev–Trinajstić information content (AvgIpc) is 2.25. The third-order valence-electron chi connectivity index (χ3n) is 3.27. The number of aliphatic hydroxyl groups is 1. The van der Waals surface area contributed by atoms with Crippen LogP contribution in [0, 0.1) is 0 Å². The summed E-state index contributed by atoms with van der Waals surface area (Å²) in [6, 6.07) is 7.25. The first-order valence-corrected chi connectivity index (χ1v) is 6.21. The molecule has 1 aromatic carbocycles. The van der Waals surface area contributed by atoms with E-state index in [1.54, 1.807) is 0 Å². The molecule has 0 amide bonds. The van der Waals surface area contributed by atoms with Gasteiger partial charge in [-0.05, 0) is 56.7 Å². The lowest BCUT2D eigenvalue weighted by Crippen LogP contribution is -2.22. The van der Waals surface area contributed by atoms with Gasteiger partial charge in [-0.3, -0.25) is 0 Å². The zero-order valence-corrected chi connectivity index (χ0v) is 10.2. The summed E-state index contributed by atoms with van der Waals surface area (Å²) in [5.74, 6) is 0. The standard InChI is InChI=1S/C14H21NO/c1-10-3-7-13-8-6-12(5-4-11(2)16)9-14(13)15-10/h6,8-11,15-16H,3-5,7H2,1-2H3. The van der Waals surface area contributed by atoms with E-state index < -0.39 is 0 Å². The number of aliphatic hydroxyl groups excluding tert-OH is 1. The minimum absolute atomic E-state index is 0.206. The maximum absolute atomic E-state index is 9.28. The molecule has 0 fully saturated rings. The highest BCUT2D eigenvalue weighted by atomic mass is 16.3. The van der Waals surface area contributed by atoms with Gasteiger partial charge < -0.3 is 10.4 Å². The lowest BCUT2D eigenvalue weighted by atomic mass is 9.96. The molecule has 0 saturated heterocycles. The summed E-state index contributed by atoms with van der Waals surface area (Å²) in [5, 5.41) is 12.8. The number of rotatable bonds is 3. The van der Waals surface area contributed by atoms with Gasteiger partial charge in [-0.25, -0.2) is 0 Å². The second kappa shape index (κ2) is 4.88. The van der Waals surface area contributed by atoms with Gasteiger partial charge in [-0.2, -0.15) is 0 Å². The molecule has 2 atom stereocenters.